The monoisotopic (exact) mass is 446 g/mol. The lowest BCUT2D eigenvalue weighted by molar-refractivity contribution is -0.156. The number of barbiturate groups is 1. The maximum atomic E-state index is 14.2. The molecule has 3 fully saturated rings. The lowest BCUT2D eigenvalue weighted by Crippen LogP contribution is -2.73. The van der Waals surface area contributed by atoms with Crippen LogP contribution in [-0.4, -0.2) is 46.4 Å². The number of rotatable bonds is 1. The summed E-state index contributed by atoms with van der Waals surface area (Å²) in [4.78, 5) is 49.3. The van der Waals surface area contributed by atoms with Crippen molar-refractivity contribution in [1.29, 1.82) is 0 Å². The van der Waals surface area contributed by atoms with E-state index in [-0.39, 0.29) is 18.0 Å². The summed E-state index contributed by atoms with van der Waals surface area (Å²) in [5.41, 5.74) is 1.72. The van der Waals surface area contributed by atoms with Crippen LogP contribution in [0.15, 0.2) is 24.3 Å². The van der Waals surface area contributed by atoms with E-state index < -0.39 is 17.4 Å². The molecule has 33 heavy (non-hydrogen) atoms. The van der Waals surface area contributed by atoms with Crippen molar-refractivity contribution in [2.75, 3.05) is 11.4 Å². The average molecular weight is 447 g/mol. The Labute approximate surface area is 193 Å². The number of nitrogens with zero attached hydrogens (tertiary/aromatic N) is 3. The fraction of sp³-hybridized carbons (Fsp3) is 0.538. The van der Waals surface area contributed by atoms with Crippen LogP contribution in [0.1, 0.15) is 62.5 Å². The average Bonchev–Trinajstić information content (AvgIpc) is 2.82. The van der Waals surface area contributed by atoms with Gasteiger partial charge in [0, 0.05) is 24.4 Å². The number of pyridine rings is 1. The van der Waals surface area contributed by atoms with Crippen molar-refractivity contribution in [3.63, 3.8) is 0 Å². The number of benzene rings is 1. The Morgan fingerprint density at radius 3 is 2.61 bits per heavy atom. The molecule has 7 nitrogen and oxygen atoms in total. The fourth-order valence-corrected chi connectivity index (χ4v) is 6.62. The van der Waals surface area contributed by atoms with Crippen molar-refractivity contribution >= 4 is 34.6 Å². The minimum Gasteiger partial charge on any atom is -0.352 e. The molecule has 4 amide bonds. The van der Waals surface area contributed by atoms with Crippen molar-refractivity contribution < 1.29 is 14.4 Å². The molecule has 2 aromatic rings. The van der Waals surface area contributed by atoms with E-state index in [1.807, 2.05) is 13.0 Å². The van der Waals surface area contributed by atoms with Gasteiger partial charge >= 0.3 is 6.03 Å². The van der Waals surface area contributed by atoms with Gasteiger partial charge in [-0.05, 0) is 62.8 Å². The van der Waals surface area contributed by atoms with Gasteiger partial charge in [0.15, 0.2) is 5.41 Å². The van der Waals surface area contributed by atoms with Gasteiger partial charge in [-0.15, -0.1) is 0 Å². The first kappa shape index (κ1) is 20.6. The molecule has 0 bridgehead atoms. The van der Waals surface area contributed by atoms with E-state index in [0.29, 0.717) is 6.42 Å². The lowest BCUT2D eigenvalue weighted by Gasteiger charge is -2.54. The second kappa shape index (κ2) is 7.54. The predicted octanol–water partition coefficient (Wildman–Crippen LogP) is 3.86. The zero-order chi connectivity index (χ0) is 22.7. The fourth-order valence-electron chi connectivity index (χ4n) is 6.62. The van der Waals surface area contributed by atoms with Gasteiger partial charge in [-0.1, -0.05) is 30.9 Å². The van der Waals surface area contributed by atoms with Gasteiger partial charge < -0.3 is 4.90 Å². The number of anilines is 1. The molecule has 2 unspecified atom stereocenters. The quantitative estimate of drug-likeness (QED) is 0.673. The standard InChI is InChI=1S/C26H30N4O3/c1-16-10-11-20-17(13-16)14-18-15-26(21-9-5-6-12-29(21)22(18)27-20)23(31)28-25(33)30(24(26)32)19-7-3-2-4-8-19/h10-11,13-14,19,21H,2-9,12,15H2,1H3,(H,28,31,33). The van der Waals surface area contributed by atoms with E-state index >= 15 is 0 Å². The molecule has 7 heteroatoms. The molecule has 172 valence electrons. The Hall–Kier alpha value is -2.96. The van der Waals surface area contributed by atoms with E-state index in [1.165, 1.54) is 4.90 Å². The molecular weight excluding hydrogens is 416 g/mol. The zero-order valence-electron chi connectivity index (χ0n) is 19.1. The third-order valence-corrected chi connectivity index (χ3v) is 8.22. The van der Waals surface area contributed by atoms with Crippen molar-refractivity contribution in [2.24, 2.45) is 5.41 Å². The van der Waals surface area contributed by atoms with Crippen molar-refractivity contribution in [3.05, 3.63) is 35.4 Å². The number of imide groups is 2. The first-order valence-electron chi connectivity index (χ1n) is 12.3. The number of urea groups is 1. The highest BCUT2D eigenvalue weighted by molar-refractivity contribution is 6.20. The van der Waals surface area contributed by atoms with Gasteiger partial charge in [0.05, 0.1) is 11.6 Å². The van der Waals surface area contributed by atoms with Gasteiger partial charge in [-0.2, -0.15) is 0 Å². The highest BCUT2D eigenvalue weighted by Crippen LogP contribution is 2.48. The molecule has 2 saturated heterocycles. The van der Waals surface area contributed by atoms with Gasteiger partial charge in [0.2, 0.25) is 11.8 Å². The molecule has 1 aromatic heterocycles. The summed E-state index contributed by atoms with van der Waals surface area (Å²) >= 11 is 0. The number of carbonyl (C=O) groups is 3. The molecule has 1 spiro atoms. The van der Waals surface area contributed by atoms with E-state index in [1.54, 1.807) is 0 Å². The molecule has 1 N–H and O–H groups in total. The molecule has 1 aliphatic carbocycles. The summed E-state index contributed by atoms with van der Waals surface area (Å²) < 4.78 is 0. The van der Waals surface area contributed by atoms with Gasteiger partial charge in [0.25, 0.3) is 0 Å². The van der Waals surface area contributed by atoms with E-state index in [9.17, 15) is 14.4 Å². The van der Waals surface area contributed by atoms with Crippen molar-refractivity contribution in [2.45, 2.75) is 76.8 Å². The molecule has 0 radical (unpaired) electrons. The summed E-state index contributed by atoms with van der Waals surface area (Å²) in [6.07, 6.45) is 7.79. The number of amides is 4. The Bertz CT molecular complexity index is 1170. The van der Waals surface area contributed by atoms with Gasteiger partial charge in [-0.3, -0.25) is 19.8 Å². The maximum Gasteiger partial charge on any atom is 0.331 e. The zero-order valence-corrected chi connectivity index (χ0v) is 19.1. The van der Waals surface area contributed by atoms with E-state index in [0.717, 1.165) is 85.8 Å². The van der Waals surface area contributed by atoms with Crippen LogP contribution >= 0.6 is 0 Å². The van der Waals surface area contributed by atoms with E-state index in [2.05, 4.69) is 28.4 Å². The predicted molar refractivity (Wildman–Crippen MR) is 125 cm³/mol. The number of nitrogens with one attached hydrogen (secondary N) is 1. The highest BCUT2D eigenvalue weighted by Gasteiger charge is 2.63. The number of carbonyl (C=O) groups excluding carboxylic acids is 3. The molecule has 2 atom stereocenters. The van der Waals surface area contributed by atoms with Crippen molar-refractivity contribution in [1.82, 2.24) is 15.2 Å². The number of hydrogen-bond donors (Lipinski definition) is 1. The second-order valence-corrected chi connectivity index (χ2v) is 10.2. The SMILES string of the molecule is Cc1ccc2nc3c(cc2c1)CC1(C(=O)NC(=O)N(C2CCCCC2)C1=O)C1CCCCN31. The number of piperidine rings is 1. The van der Waals surface area contributed by atoms with Crippen LogP contribution < -0.4 is 10.2 Å². The smallest absolute Gasteiger partial charge is 0.331 e. The highest BCUT2D eigenvalue weighted by atomic mass is 16.2. The number of hydrogen-bond acceptors (Lipinski definition) is 5. The Balaban J connectivity index is 1.50. The largest absolute Gasteiger partial charge is 0.352 e. The molecule has 4 aliphatic rings. The van der Waals surface area contributed by atoms with Crippen LogP contribution in [0, 0.1) is 12.3 Å². The third-order valence-electron chi connectivity index (χ3n) is 8.22. The van der Waals surface area contributed by atoms with Crippen LogP contribution in [0.3, 0.4) is 0 Å². The third kappa shape index (κ3) is 3.01. The summed E-state index contributed by atoms with van der Waals surface area (Å²) in [7, 11) is 0. The molecule has 1 aromatic carbocycles. The van der Waals surface area contributed by atoms with Crippen LogP contribution in [0.5, 0.6) is 0 Å². The van der Waals surface area contributed by atoms with Gasteiger partial charge in [0.1, 0.15) is 5.82 Å². The molecule has 4 heterocycles. The first-order valence-corrected chi connectivity index (χ1v) is 12.3. The second-order valence-electron chi connectivity index (χ2n) is 10.2. The van der Waals surface area contributed by atoms with Crippen LogP contribution in [0.4, 0.5) is 10.6 Å². The topological polar surface area (TPSA) is 82.6 Å². The van der Waals surface area contributed by atoms with E-state index in [4.69, 9.17) is 4.98 Å². The maximum absolute atomic E-state index is 14.2. The van der Waals surface area contributed by atoms with Gasteiger partial charge in [-0.25, -0.2) is 9.78 Å². The summed E-state index contributed by atoms with van der Waals surface area (Å²) in [5.74, 6) is 0.162. The summed E-state index contributed by atoms with van der Waals surface area (Å²) in [6.45, 7) is 2.81. The Morgan fingerprint density at radius 2 is 1.79 bits per heavy atom. The lowest BCUT2D eigenvalue weighted by atomic mass is 9.66. The molecule has 6 rings (SSSR count). The minimum atomic E-state index is -1.28. The van der Waals surface area contributed by atoms with Crippen LogP contribution in [0.2, 0.25) is 0 Å². The number of aromatic nitrogens is 1. The van der Waals surface area contributed by atoms with Crippen LogP contribution in [-0.2, 0) is 16.0 Å². The first-order chi connectivity index (χ1) is 16.0. The molecule has 3 aliphatic heterocycles. The Kier molecular flexibility index (Phi) is 4.71. The minimum absolute atomic E-state index is 0.118. The molecular formula is C26H30N4O3. The molecule has 1 saturated carbocycles. The Morgan fingerprint density at radius 1 is 1.00 bits per heavy atom. The number of aryl methyl sites for hydroxylation is 1. The summed E-state index contributed by atoms with van der Waals surface area (Å²) in [5, 5.41) is 3.62. The normalized spacial score (nSPS) is 28.2. The summed E-state index contributed by atoms with van der Waals surface area (Å²) in [6, 6.07) is 7.36. The van der Waals surface area contributed by atoms with Crippen molar-refractivity contribution in [3.8, 4) is 0 Å². The number of fused-ring (bicyclic) bond motifs is 5. The van der Waals surface area contributed by atoms with Crippen LogP contribution in [0.25, 0.3) is 10.9 Å².